The molecule has 0 aliphatic rings. The van der Waals surface area contributed by atoms with Gasteiger partial charge in [-0.25, -0.2) is 0 Å². The van der Waals surface area contributed by atoms with E-state index in [4.69, 9.17) is 5.26 Å². The Morgan fingerprint density at radius 2 is 1.94 bits per heavy atom. The van der Waals surface area contributed by atoms with E-state index in [1.807, 2.05) is 19.9 Å². The summed E-state index contributed by atoms with van der Waals surface area (Å²) in [4.78, 5) is 21.7. The molecule has 1 rings (SSSR count). The smallest absolute Gasteiger partial charge is 0.269 e. The maximum Gasteiger partial charge on any atom is 0.269 e. The van der Waals surface area contributed by atoms with E-state index in [-0.39, 0.29) is 11.6 Å². The van der Waals surface area contributed by atoms with Crippen LogP contribution in [0.25, 0.3) is 0 Å². The Morgan fingerprint density at radius 3 is 2.33 bits per heavy atom. The molecule has 1 N–H and O–H groups in total. The van der Waals surface area contributed by atoms with Crippen molar-refractivity contribution in [3.63, 3.8) is 0 Å². The van der Waals surface area contributed by atoms with Gasteiger partial charge in [-0.15, -0.1) is 0 Å². The van der Waals surface area contributed by atoms with Crippen molar-refractivity contribution in [1.29, 1.82) is 5.26 Å². The van der Waals surface area contributed by atoms with Crippen molar-refractivity contribution in [3.8, 4) is 6.07 Å². The molecule has 1 amide bonds. The van der Waals surface area contributed by atoms with E-state index in [0.29, 0.717) is 5.56 Å². The molecule has 0 fully saturated rings. The van der Waals surface area contributed by atoms with Crippen molar-refractivity contribution in [2.45, 2.75) is 19.9 Å². The van der Waals surface area contributed by atoms with Gasteiger partial charge in [0.15, 0.2) is 0 Å². The maximum absolute atomic E-state index is 11.8. The Balaban J connectivity index is 2.79. The largest absolute Gasteiger partial charge is 0.336 e. The molecule has 0 aliphatic heterocycles. The van der Waals surface area contributed by atoms with Gasteiger partial charge in [0.2, 0.25) is 0 Å². The third-order valence-electron chi connectivity index (χ3n) is 2.43. The number of carbonyl (C=O) groups excluding carboxylic acids is 1. The first-order valence-electron chi connectivity index (χ1n) is 5.40. The third kappa shape index (κ3) is 3.28. The first-order valence-corrected chi connectivity index (χ1v) is 5.40. The van der Waals surface area contributed by atoms with Gasteiger partial charge < -0.3 is 5.32 Å². The Hall–Kier alpha value is -2.42. The normalized spacial score (nSPS) is 11.7. The summed E-state index contributed by atoms with van der Waals surface area (Å²) in [6.45, 7) is 3.65. The SMILES string of the molecule is CC(C)[C@@H](C#N)NC(=O)c1ccc([N+](=O)[O-])cc1. The first kappa shape index (κ1) is 13.6. The van der Waals surface area contributed by atoms with Gasteiger partial charge in [-0.2, -0.15) is 5.26 Å². The molecule has 0 aromatic heterocycles. The van der Waals surface area contributed by atoms with Crippen LogP contribution < -0.4 is 5.32 Å². The molecule has 0 saturated heterocycles. The summed E-state index contributed by atoms with van der Waals surface area (Å²) in [6, 6.07) is 6.65. The summed E-state index contributed by atoms with van der Waals surface area (Å²) in [5.41, 5.74) is 0.216. The van der Waals surface area contributed by atoms with Crippen molar-refractivity contribution >= 4 is 11.6 Å². The Bertz CT molecular complexity index is 488. The summed E-state index contributed by atoms with van der Waals surface area (Å²) in [5, 5.41) is 21.9. The number of nitriles is 1. The van der Waals surface area contributed by atoms with E-state index in [1.54, 1.807) is 0 Å². The second-order valence-electron chi connectivity index (χ2n) is 4.13. The highest BCUT2D eigenvalue weighted by atomic mass is 16.6. The van der Waals surface area contributed by atoms with Gasteiger partial charge in [-0.05, 0) is 18.1 Å². The van der Waals surface area contributed by atoms with E-state index in [9.17, 15) is 14.9 Å². The monoisotopic (exact) mass is 247 g/mol. The Kier molecular flexibility index (Phi) is 4.38. The number of non-ortho nitro benzene ring substituents is 1. The zero-order valence-electron chi connectivity index (χ0n) is 10.1. The molecule has 0 bridgehead atoms. The summed E-state index contributed by atoms with van der Waals surface area (Å²) < 4.78 is 0. The van der Waals surface area contributed by atoms with Crippen LogP contribution in [-0.2, 0) is 0 Å². The second kappa shape index (κ2) is 5.77. The molecular weight excluding hydrogens is 234 g/mol. The lowest BCUT2D eigenvalue weighted by molar-refractivity contribution is -0.384. The van der Waals surface area contributed by atoms with Gasteiger partial charge in [0.05, 0.1) is 11.0 Å². The summed E-state index contributed by atoms with van der Waals surface area (Å²) in [7, 11) is 0. The first-order chi connectivity index (χ1) is 8.45. The molecular formula is C12H13N3O3. The highest BCUT2D eigenvalue weighted by molar-refractivity contribution is 5.94. The minimum atomic E-state index is -0.576. The van der Waals surface area contributed by atoms with E-state index < -0.39 is 16.9 Å². The van der Waals surface area contributed by atoms with Crippen LogP contribution in [0.3, 0.4) is 0 Å². The van der Waals surface area contributed by atoms with Gasteiger partial charge in [-0.3, -0.25) is 14.9 Å². The molecule has 6 heteroatoms. The average Bonchev–Trinajstić information content (AvgIpc) is 2.35. The van der Waals surface area contributed by atoms with Crippen molar-refractivity contribution in [2.75, 3.05) is 0 Å². The minimum absolute atomic E-state index is 0.00278. The molecule has 0 spiro atoms. The van der Waals surface area contributed by atoms with Crippen LogP contribution in [0.4, 0.5) is 5.69 Å². The van der Waals surface area contributed by atoms with Gasteiger partial charge in [-0.1, -0.05) is 13.8 Å². The van der Waals surface area contributed by atoms with Gasteiger partial charge >= 0.3 is 0 Å². The molecule has 1 atom stereocenters. The number of hydrogen-bond donors (Lipinski definition) is 1. The lowest BCUT2D eigenvalue weighted by Gasteiger charge is -2.14. The van der Waals surface area contributed by atoms with Gasteiger partial charge in [0.1, 0.15) is 6.04 Å². The van der Waals surface area contributed by atoms with E-state index in [0.717, 1.165) is 0 Å². The summed E-state index contributed by atoms with van der Waals surface area (Å²) in [5.74, 6) is -0.415. The van der Waals surface area contributed by atoms with Gasteiger partial charge in [0, 0.05) is 17.7 Å². The van der Waals surface area contributed by atoms with Crippen molar-refractivity contribution in [1.82, 2.24) is 5.32 Å². The number of nitro groups is 1. The van der Waals surface area contributed by atoms with Crippen LogP contribution in [-0.4, -0.2) is 16.9 Å². The second-order valence-corrected chi connectivity index (χ2v) is 4.13. The number of amides is 1. The van der Waals surface area contributed by atoms with Crippen LogP contribution in [0.2, 0.25) is 0 Å². The standard InChI is InChI=1S/C12H13N3O3/c1-8(2)11(7-13)14-12(16)9-3-5-10(6-4-9)15(17)18/h3-6,8,11H,1-2H3,(H,14,16)/t11-/m1/s1. The van der Waals surface area contributed by atoms with Crippen LogP contribution in [0.5, 0.6) is 0 Å². The molecule has 18 heavy (non-hydrogen) atoms. The van der Waals surface area contributed by atoms with Crippen LogP contribution >= 0.6 is 0 Å². The van der Waals surface area contributed by atoms with Gasteiger partial charge in [0.25, 0.3) is 11.6 Å². The average molecular weight is 247 g/mol. The van der Waals surface area contributed by atoms with E-state index >= 15 is 0 Å². The third-order valence-corrected chi connectivity index (χ3v) is 2.43. The number of rotatable bonds is 4. The quantitative estimate of drug-likeness (QED) is 0.648. The highest BCUT2D eigenvalue weighted by Gasteiger charge is 2.16. The molecule has 6 nitrogen and oxygen atoms in total. The minimum Gasteiger partial charge on any atom is -0.336 e. The number of nitrogens with zero attached hydrogens (tertiary/aromatic N) is 2. The fraction of sp³-hybridized carbons (Fsp3) is 0.333. The number of benzene rings is 1. The number of carbonyl (C=O) groups is 1. The predicted octanol–water partition coefficient (Wildman–Crippen LogP) is 1.87. The van der Waals surface area contributed by atoms with Crippen LogP contribution in [0, 0.1) is 27.4 Å². The molecule has 0 aliphatic carbocycles. The zero-order chi connectivity index (χ0) is 13.7. The molecule has 94 valence electrons. The van der Waals surface area contributed by atoms with Crippen molar-refractivity contribution in [3.05, 3.63) is 39.9 Å². The lowest BCUT2D eigenvalue weighted by Crippen LogP contribution is -2.37. The fourth-order valence-corrected chi connectivity index (χ4v) is 1.31. The zero-order valence-corrected chi connectivity index (χ0v) is 10.1. The van der Waals surface area contributed by atoms with Crippen molar-refractivity contribution in [2.24, 2.45) is 5.92 Å². The molecule has 0 saturated carbocycles. The molecule has 0 unspecified atom stereocenters. The van der Waals surface area contributed by atoms with Crippen LogP contribution in [0.15, 0.2) is 24.3 Å². The molecule has 1 aromatic carbocycles. The fourth-order valence-electron chi connectivity index (χ4n) is 1.31. The number of nitrogens with one attached hydrogen (secondary N) is 1. The molecule has 1 aromatic rings. The molecule has 0 heterocycles. The number of hydrogen-bond acceptors (Lipinski definition) is 4. The Morgan fingerprint density at radius 1 is 1.39 bits per heavy atom. The van der Waals surface area contributed by atoms with Crippen LogP contribution in [0.1, 0.15) is 24.2 Å². The molecule has 0 radical (unpaired) electrons. The highest BCUT2D eigenvalue weighted by Crippen LogP contribution is 2.12. The Labute approximate surface area is 104 Å². The predicted molar refractivity (Wildman–Crippen MR) is 64.8 cm³/mol. The lowest BCUT2D eigenvalue weighted by atomic mass is 10.1. The van der Waals surface area contributed by atoms with Crippen molar-refractivity contribution < 1.29 is 9.72 Å². The summed E-state index contributed by atoms with van der Waals surface area (Å²) in [6.07, 6.45) is 0. The summed E-state index contributed by atoms with van der Waals surface area (Å²) >= 11 is 0. The van der Waals surface area contributed by atoms with E-state index in [1.165, 1.54) is 24.3 Å². The maximum atomic E-state index is 11.8. The van der Waals surface area contributed by atoms with E-state index in [2.05, 4.69) is 5.32 Å². The topological polar surface area (TPSA) is 96.0 Å². The number of nitro benzene ring substituents is 1.